The van der Waals surface area contributed by atoms with Crippen LogP contribution in [0, 0.1) is 5.82 Å². The number of amides is 1. The van der Waals surface area contributed by atoms with Crippen LogP contribution in [0.3, 0.4) is 0 Å². The van der Waals surface area contributed by atoms with E-state index in [2.05, 4.69) is 11.8 Å². The Labute approximate surface area is 177 Å². The van der Waals surface area contributed by atoms with Crippen molar-refractivity contribution in [3.8, 4) is 17.2 Å². The van der Waals surface area contributed by atoms with Gasteiger partial charge in [-0.05, 0) is 43.7 Å². The van der Waals surface area contributed by atoms with Gasteiger partial charge < -0.3 is 19.1 Å². The Hall–Kier alpha value is -2.80. The van der Waals surface area contributed by atoms with E-state index in [1.165, 1.54) is 12.1 Å². The molecule has 0 aliphatic carbocycles. The van der Waals surface area contributed by atoms with Crippen molar-refractivity contribution in [2.75, 3.05) is 33.9 Å². The van der Waals surface area contributed by atoms with Crippen molar-refractivity contribution in [1.82, 2.24) is 9.80 Å². The number of carbonyl (C=O) groups excluding carboxylic acids is 1. The number of carbonyl (C=O) groups is 1. The molecule has 0 radical (unpaired) electrons. The van der Waals surface area contributed by atoms with Gasteiger partial charge in [-0.3, -0.25) is 9.69 Å². The summed E-state index contributed by atoms with van der Waals surface area (Å²) in [6, 6.07) is 12.0. The van der Waals surface area contributed by atoms with E-state index in [0.717, 1.165) is 18.7 Å². The molecule has 0 aromatic heterocycles. The summed E-state index contributed by atoms with van der Waals surface area (Å²) in [6.45, 7) is 6.21. The highest BCUT2D eigenvalue weighted by Gasteiger charge is 2.32. The molecule has 30 heavy (non-hydrogen) atoms. The number of methoxy groups -OCH3 is 2. The van der Waals surface area contributed by atoms with Crippen LogP contribution in [0.1, 0.15) is 19.4 Å². The van der Waals surface area contributed by atoms with Gasteiger partial charge in [0, 0.05) is 37.8 Å². The van der Waals surface area contributed by atoms with E-state index in [0.29, 0.717) is 23.8 Å². The Morgan fingerprint density at radius 1 is 1.00 bits per heavy atom. The first-order chi connectivity index (χ1) is 14.4. The van der Waals surface area contributed by atoms with Gasteiger partial charge in [-0.1, -0.05) is 12.1 Å². The lowest BCUT2D eigenvalue weighted by molar-refractivity contribution is -0.139. The molecule has 1 aliphatic rings. The van der Waals surface area contributed by atoms with E-state index in [9.17, 15) is 9.18 Å². The molecule has 0 unspecified atom stereocenters. The molecule has 0 spiro atoms. The number of piperazine rings is 1. The number of rotatable bonds is 7. The molecule has 1 saturated heterocycles. The monoisotopic (exact) mass is 416 g/mol. The largest absolute Gasteiger partial charge is 0.493 e. The normalized spacial score (nSPS) is 19.4. The first-order valence-corrected chi connectivity index (χ1v) is 10.0. The molecule has 1 amide bonds. The van der Waals surface area contributed by atoms with Crippen molar-refractivity contribution in [3.63, 3.8) is 0 Å². The maximum atomic E-state index is 13.1. The van der Waals surface area contributed by atoms with Crippen LogP contribution in [0.4, 0.5) is 4.39 Å². The predicted molar refractivity (Wildman–Crippen MR) is 112 cm³/mol. The van der Waals surface area contributed by atoms with E-state index in [1.54, 1.807) is 44.6 Å². The molecular weight excluding hydrogens is 387 g/mol. The predicted octanol–water partition coefficient (Wildman–Crippen LogP) is 3.34. The molecule has 6 nitrogen and oxygen atoms in total. The van der Waals surface area contributed by atoms with E-state index in [4.69, 9.17) is 14.2 Å². The Bertz CT molecular complexity index is 859. The number of nitrogens with zero attached hydrogens (tertiary/aromatic N) is 2. The average Bonchev–Trinajstić information content (AvgIpc) is 2.75. The van der Waals surface area contributed by atoms with Gasteiger partial charge >= 0.3 is 0 Å². The summed E-state index contributed by atoms with van der Waals surface area (Å²) < 4.78 is 29.3. The van der Waals surface area contributed by atoms with Gasteiger partial charge in [0.2, 0.25) is 0 Å². The fourth-order valence-electron chi connectivity index (χ4n) is 3.72. The van der Waals surface area contributed by atoms with Crippen molar-refractivity contribution in [1.29, 1.82) is 0 Å². The molecular formula is C23H29FN2O4. The number of hydrogen-bond donors (Lipinski definition) is 0. The third-order valence-corrected chi connectivity index (χ3v) is 5.45. The number of benzene rings is 2. The van der Waals surface area contributed by atoms with Crippen LogP contribution in [0.25, 0.3) is 0 Å². The quantitative estimate of drug-likeness (QED) is 0.693. The highest BCUT2D eigenvalue weighted by molar-refractivity contribution is 5.78. The Balaban J connectivity index is 1.56. The number of halogens is 1. The fraction of sp³-hybridized carbons (Fsp3) is 0.435. The van der Waals surface area contributed by atoms with E-state index >= 15 is 0 Å². The molecule has 1 fully saturated rings. The van der Waals surface area contributed by atoms with Crippen molar-refractivity contribution in [3.05, 3.63) is 53.8 Å². The number of ether oxygens (including phenoxy) is 3. The third-order valence-electron chi connectivity index (χ3n) is 5.45. The van der Waals surface area contributed by atoms with Gasteiger partial charge in [0.05, 0.1) is 14.2 Å². The Morgan fingerprint density at radius 3 is 2.37 bits per heavy atom. The first kappa shape index (κ1) is 21.9. The minimum atomic E-state index is -0.231. The first-order valence-electron chi connectivity index (χ1n) is 10.0. The molecule has 0 bridgehead atoms. The van der Waals surface area contributed by atoms with Gasteiger partial charge in [0.15, 0.2) is 18.1 Å². The van der Waals surface area contributed by atoms with Crippen molar-refractivity contribution in [2.24, 2.45) is 0 Å². The molecule has 162 valence electrons. The lowest BCUT2D eigenvalue weighted by Crippen LogP contribution is -2.58. The molecule has 3 rings (SSSR count). The minimum absolute atomic E-state index is 0.0372. The second-order valence-electron chi connectivity index (χ2n) is 7.61. The van der Waals surface area contributed by atoms with Gasteiger partial charge in [-0.15, -0.1) is 0 Å². The highest BCUT2D eigenvalue weighted by atomic mass is 19.1. The smallest absolute Gasteiger partial charge is 0.260 e. The standard InChI is InChI=1S/C23H29FN2O4/c1-16-13-26(17(2)12-25(16)14-18-5-7-19(24)8-6-18)23(27)15-30-20-9-10-21(28-3)22(11-20)29-4/h5-11,16-17H,12-15H2,1-4H3/t16-,17+/m0/s1. The van der Waals surface area contributed by atoms with Crippen LogP contribution in [0.2, 0.25) is 0 Å². The summed E-state index contributed by atoms with van der Waals surface area (Å²) in [5.74, 6) is 1.43. The van der Waals surface area contributed by atoms with Gasteiger partial charge in [0.1, 0.15) is 11.6 Å². The Morgan fingerprint density at radius 2 is 1.70 bits per heavy atom. The topological polar surface area (TPSA) is 51.2 Å². The summed E-state index contributed by atoms with van der Waals surface area (Å²) in [4.78, 5) is 17.0. The van der Waals surface area contributed by atoms with E-state index in [-0.39, 0.29) is 30.4 Å². The molecule has 0 N–H and O–H groups in total. The van der Waals surface area contributed by atoms with Crippen LogP contribution in [0.15, 0.2) is 42.5 Å². The molecule has 7 heteroatoms. The molecule has 0 saturated carbocycles. The lowest BCUT2D eigenvalue weighted by atomic mass is 10.1. The average molecular weight is 416 g/mol. The maximum Gasteiger partial charge on any atom is 0.260 e. The summed E-state index contributed by atoms with van der Waals surface area (Å²) >= 11 is 0. The van der Waals surface area contributed by atoms with Crippen LogP contribution < -0.4 is 14.2 Å². The summed E-state index contributed by atoms with van der Waals surface area (Å²) in [5.41, 5.74) is 1.06. The SMILES string of the molecule is COc1ccc(OCC(=O)N2C[C@H](C)N(Cc3ccc(F)cc3)C[C@H]2C)cc1OC. The minimum Gasteiger partial charge on any atom is -0.493 e. The second-order valence-corrected chi connectivity index (χ2v) is 7.61. The Kier molecular flexibility index (Phi) is 7.15. The molecule has 2 aromatic carbocycles. The summed E-state index contributed by atoms with van der Waals surface area (Å²) in [6.07, 6.45) is 0. The van der Waals surface area contributed by atoms with Crippen LogP contribution in [-0.2, 0) is 11.3 Å². The molecule has 1 aliphatic heterocycles. The van der Waals surface area contributed by atoms with Gasteiger partial charge in [0.25, 0.3) is 5.91 Å². The summed E-state index contributed by atoms with van der Waals surface area (Å²) in [5, 5.41) is 0. The lowest BCUT2D eigenvalue weighted by Gasteiger charge is -2.44. The van der Waals surface area contributed by atoms with Crippen molar-refractivity contribution in [2.45, 2.75) is 32.5 Å². The zero-order valence-corrected chi connectivity index (χ0v) is 17.9. The highest BCUT2D eigenvalue weighted by Crippen LogP contribution is 2.31. The van der Waals surface area contributed by atoms with Gasteiger partial charge in [-0.25, -0.2) is 4.39 Å². The van der Waals surface area contributed by atoms with E-state index in [1.807, 2.05) is 11.8 Å². The van der Waals surface area contributed by atoms with Crippen molar-refractivity contribution < 1.29 is 23.4 Å². The zero-order valence-electron chi connectivity index (χ0n) is 17.9. The van der Waals surface area contributed by atoms with Gasteiger partial charge in [-0.2, -0.15) is 0 Å². The second kappa shape index (κ2) is 9.80. The maximum absolute atomic E-state index is 13.1. The van der Waals surface area contributed by atoms with E-state index < -0.39 is 0 Å². The third kappa shape index (κ3) is 5.21. The van der Waals surface area contributed by atoms with Crippen LogP contribution in [0.5, 0.6) is 17.2 Å². The molecule has 2 atom stereocenters. The molecule has 2 aromatic rings. The van der Waals surface area contributed by atoms with Crippen LogP contribution >= 0.6 is 0 Å². The molecule has 1 heterocycles. The fourth-order valence-corrected chi connectivity index (χ4v) is 3.72. The zero-order chi connectivity index (χ0) is 21.7. The summed E-state index contributed by atoms with van der Waals surface area (Å²) in [7, 11) is 3.13. The van der Waals surface area contributed by atoms with Crippen molar-refractivity contribution >= 4 is 5.91 Å². The van der Waals surface area contributed by atoms with Crippen LogP contribution in [-0.4, -0.2) is 61.7 Å². The number of hydrogen-bond acceptors (Lipinski definition) is 5.